The van der Waals surface area contributed by atoms with Crippen LogP contribution in [0.5, 0.6) is 17.2 Å². The van der Waals surface area contributed by atoms with E-state index < -0.39 is 17.1 Å². The normalized spacial score (nSPS) is 15.5. The van der Waals surface area contributed by atoms with Crippen molar-refractivity contribution in [1.82, 2.24) is 5.32 Å². The van der Waals surface area contributed by atoms with Gasteiger partial charge in [-0.1, -0.05) is 30.3 Å². The number of fused-ring (bicyclic) bond motifs is 1. The average molecular weight is 650 g/mol. The topological polar surface area (TPSA) is 123 Å². The molecule has 2 heterocycles. The first-order valence-electron chi connectivity index (χ1n) is 14.8. The van der Waals surface area contributed by atoms with Gasteiger partial charge in [-0.05, 0) is 91.2 Å². The van der Waals surface area contributed by atoms with Crippen LogP contribution in [0.2, 0.25) is 0 Å². The van der Waals surface area contributed by atoms with Gasteiger partial charge < -0.3 is 24.8 Å². The first kappa shape index (κ1) is 31.4. The van der Waals surface area contributed by atoms with Gasteiger partial charge in [0.1, 0.15) is 5.70 Å². The fraction of sp³-hybridized carbons (Fsp3) is 0.167. The van der Waals surface area contributed by atoms with Gasteiger partial charge in [0.2, 0.25) is 24.4 Å². The van der Waals surface area contributed by atoms with Crippen LogP contribution in [-0.4, -0.2) is 42.8 Å². The predicted octanol–water partition coefficient (Wildman–Crippen LogP) is 5.87. The van der Waals surface area contributed by atoms with Crippen LogP contribution in [0, 0.1) is 13.8 Å². The molecule has 6 rings (SSSR count). The molecule has 0 saturated carbocycles. The number of anilines is 2. The van der Waals surface area contributed by atoms with Crippen molar-refractivity contribution in [2.45, 2.75) is 30.4 Å². The van der Waals surface area contributed by atoms with Crippen molar-refractivity contribution in [3.05, 3.63) is 113 Å². The van der Waals surface area contributed by atoms with E-state index in [1.807, 2.05) is 32.0 Å². The zero-order valence-electron chi connectivity index (χ0n) is 25.9. The van der Waals surface area contributed by atoms with Crippen LogP contribution < -0.4 is 29.7 Å². The Kier molecular flexibility index (Phi) is 8.99. The van der Waals surface area contributed by atoms with Crippen molar-refractivity contribution < 1.29 is 33.4 Å². The zero-order chi connectivity index (χ0) is 33.1. The molecular weight excluding hydrogens is 618 g/mol. The van der Waals surface area contributed by atoms with Crippen LogP contribution in [0.25, 0.3) is 6.08 Å². The molecule has 238 valence electrons. The Morgan fingerprint density at radius 3 is 2.51 bits per heavy atom. The quantitative estimate of drug-likeness (QED) is 0.170. The molecule has 0 aromatic heterocycles. The molecule has 1 atom stereocenters. The second-order valence-corrected chi connectivity index (χ2v) is 12.2. The molecule has 10 nitrogen and oxygen atoms in total. The molecular formula is C36H31N3O7S. The number of carbonyl (C=O) groups excluding carboxylic acids is 4. The number of nitrogens with zero attached hydrogens (tertiary/aromatic N) is 1. The summed E-state index contributed by atoms with van der Waals surface area (Å²) in [5.74, 6) is -0.276. The molecule has 47 heavy (non-hydrogen) atoms. The van der Waals surface area contributed by atoms with Gasteiger partial charge in [-0.25, -0.2) is 4.90 Å². The molecule has 11 heteroatoms. The number of thioether (sulfide) groups is 1. The molecule has 2 aliphatic heterocycles. The van der Waals surface area contributed by atoms with E-state index in [1.54, 1.807) is 66.7 Å². The van der Waals surface area contributed by atoms with E-state index in [1.165, 1.54) is 29.8 Å². The van der Waals surface area contributed by atoms with E-state index in [9.17, 15) is 19.2 Å². The summed E-state index contributed by atoms with van der Waals surface area (Å²) in [5, 5.41) is 4.96. The van der Waals surface area contributed by atoms with Gasteiger partial charge in [-0.15, -0.1) is 11.8 Å². The highest BCUT2D eigenvalue weighted by Crippen LogP contribution is 2.42. The second-order valence-electron chi connectivity index (χ2n) is 11.0. The molecule has 2 N–H and O–H groups in total. The Bertz CT molecular complexity index is 1930. The molecule has 4 aromatic rings. The fourth-order valence-electron chi connectivity index (χ4n) is 5.18. The lowest BCUT2D eigenvalue weighted by atomic mass is 10.1. The summed E-state index contributed by atoms with van der Waals surface area (Å²) in [6.07, 6.45) is 1.58. The second kappa shape index (κ2) is 13.4. The van der Waals surface area contributed by atoms with Gasteiger partial charge in [-0.3, -0.25) is 19.2 Å². The van der Waals surface area contributed by atoms with Crippen molar-refractivity contribution in [2.24, 2.45) is 0 Å². The maximum absolute atomic E-state index is 13.7. The molecule has 2 aliphatic rings. The average Bonchev–Trinajstić information content (AvgIpc) is 3.65. The largest absolute Gasteiger partial charge is 0.493 e. The summed E-state index contributed by atoms with van der Waals surface area (Å²) in [4.78, 5) is 54.9. The molecule has 0 aliphatic carbocycles. The molecule has 4 amide bonds. The van der Waals surface area contributed by atoms with Crippen molar-refractivity contribution >= 4 is 52.8 Å². The molecule has 1 unspecified atom stereocenters. The summed E-state index contributed by atoms with van der Waals surface area (Å²) in [6, 6.07) is 24.4. The van der Waals surface area contributed by atoms with Crippen molar-refractivity contribution in [3.8, 4) is 17.2 Å². The number of ether oxygens (including phenoxy) is 3. The Morgan fingerprint density at radius 2 is 1.74 bits per heavy atom. The van der Waals surface area contributed by atoms with E-state index >= 15 is 0 Å². The smallest absolute Gasteiger partial charge is 0.272 e. The summed E-state index contributed by atoms with van der Waals surface area (Å²) in [5.41, 5.74) is 3.94. The lowest BCUT2D eigenvalue weighted by Gasteiger charge is -2.16. The van der Waals surface area contributed by atoms with Crippen LogP contribution in [0.4, 0.5) is 11.4 Å². The number of methoxy groups -OCH3 is 1. The highest BCUT2D eigenvalue weighted by molar-refractivity contribution is 8.00. The van der Waals surface area contributed by atoms with Crippen LogP contribution >= 0.6 is 11.8 Å². The molecule has 1 saturated heterocycles. The Hall–Kier alpha value is -5.55. The SMILES string of the molecule is COc1cc(/C=C(\NC(=O)c2ccccc2)C(=O)Nc2cccc(SC3CC(=O)N(c4ccc(C)c(C)c4)C3=O)c2)cc2c1OCO2. The van der Waals surface area contributed by atoms with E-state index in [0.29, 0.717) is 44.6 Å². The van der Waals surface area contributed by atoms with E-state index in [4.69, 9.17) is 14.2 Å². The minimum absolute atomic E-state index is 0.0292. The minimum Gasteiger partial charge on any atom is -0.493 e. The van der Waals surface area contributed by atoms with Crippen LogP contribution in [0.1, 0.15) is 33.5 Å². The van der Waals surface area contributed by atoms with Gasteiger partial charge in [-0.2, -0.15) is 0 Å². The first-order chi connectivity index (χ1) is 22.7. The number of hydrogen-bond donors (Lipinski definition) is 2. The maximum Gasteiger partial charge on any atom is 0.272 e. The lowest BCUT2D eigenvalue weighted by Crippen LogP contribution is -2.31. The predicted molar refractivity (Wildman–Crippen MR) is 179 cm³/mol. The standard InChI is InChI=1S/C36H31N3O7S/c1-21-12-13-26(14-22(21)2)39-32(40)19-31(36(39)43)47-27-11-7-10-25(18-27)37-35(42)28(38-34(41)24-8-5-4-6-9-24)15-23-16-29(44-3)33-30(17-23)45-20-46-33/h4-18,31H,19-20H2,1-3H3,(H,37,42)(H,38,41)/b28-15-. The molecule has 4 aromatic carbocycles. The monoisotopic (exact) mass is 649 g/mol. The number of rotatable bonds is 9. The molecule has 0 spiro atoms. The third-order valence-electron chi connectivity index (χ3n) is 7.74. The third-order valence-corrected chi connectivity index (χ3v) is 8.92. The Labute approximate surface area is 275 Å². The van der Waals surface area contributed by atoms with Crippen LogP contribution in [-0.2, 0) is 14.4 Å². The summed E-state index contributed by atoms with van der Waals surface area (Å²) < 4.78 is 16.4. The number of benzene rings is 4. The van der Waals surface area contributed by atoms with Crippen molar-refractivity contribution in [2.75, 3.05) is 24.1 Å². The third kappa shape index (κ3) is 6.85. The van der Waals surface area contributed by atoms with Gasteiger partial charge in [0, 0.05) is 22.6 Å². The highest BCUT2D eigenvalue weighted by atomic mass is 32.2. The van der Waals surface area contributed by atoms with E-state index in [-0.39, 0.29) is 30.7 Å². The van der Waals surface area contributed by atoms with Gasteiger partial charge in [0.15, 0.2) is 11.5 Å². The first-order valence-corrected chi connectivity index (χ1v) is 15.7. The number of hydrogen-bond acceptors (Lipinski definition) is 8. The maximum atomic E-state index is 13.7. The number of aryl methyl sites for hydroxylation is 2. The Balaban J connectivity index is 1.22. The van der Waals surface area contributed by atoms with Gasteiger partial charge in [0.05, 0.1) is 18.0 Å². The van der Waals surface area contributed by atoms with Crippen molar-refractivity contribution in [3.63, 3.8) is 0 Å². The van der Waals surface area contributed by atoms with Gasteiger partial charge in [0.25, 0.3) is 11.8 Å². The Morgan fingerprint density at radius 1 is 0.936 bits per heavy atom. The van der Waals surface area contributed by atoms with Crippen LogP contribution in [0.3, 0.4) is 0 Å². The lowest BCUT2D eigenvalue weighted by molar-refractivity contribution is -0.121. The molecule has 0 bridgehead atoms. The molecule has 0 radical (unpaired) electrons. The van der Waals surface area contributed by atoms with E-state index in [0.717, 1.165) is 11.1 Å². The fourth-order valence-corrected chi connectivity index (χ4v) is 6.30. The molecule has 1 fully saturated rings. The van der Waals surface area contributed by atoms with E-state index in [2.05, 4.69) is 10.6 Å². The highest BCUT2D eigenvalue weighted by Gasteiger charge is 2.40. The van der Waals surface area contributed by atoms with Crippen LogP contribution in [0.15, 0.2) is 95.5 Å². The zero-order valence-corrected chi connectivity index (χ0v) is 26.7. The summed E-state index contributed by atoms with van der Waals surface area (Å²) in [7, 11) is 1.50. The number of amides is 4. The number of imide groups is 1. The number of carbonyl (C=O) groups is 4. The minimum atomic E-state index is -0.614. The summed E-state index contributed by atoms with van der Waals surface area (Å²) >= 11 is 1.26. The van der Waals surface area contributed by atoms with Crippen molar-refractivity contribution in [1.29, 1.82) is 0 Å². The number of nitrogens with one attached hydrogen (secondary N) is 2. The van der Waals surface area contributed by atoms with Gasteiger partial charge >= 0.3 is 0 Å². The summed E-state index contributed by atoms with van der Waals surface area (Å²) in [6.45, 7) is 3.95.